The van der Waals surface area contributed by atoms with Gasteiger partial charge in [0.1, 0.15) is 22.6 Å². The molecule has 0 saturated carbocycles. The summed E-state index contributed by atoms with van der Waals surface area (Å²) < 4.78 is 9.39. The third kappa shape index (κ3) is 16.5. The molecule has 12 aromatic heterocycles. The second kappa shape index (κ2) is 37.4. The zero-order valence-corrected chi connectivity index (χ0v) is 77.1. The highest BCUT2D eigenvalue weighted by molar-refractivity contribution is 6.15. The molecular weight excluding hydrogens is 1660 g/mol. The van der Waals surface area contributed by atoms with Gasteiger partial charge in [-0.2, -0.15) is 0 Å². The van der Waals surface area contributed by atoms with Crippen LogP contribution in [0.1, 0.15) is 44.5 Å². The number of hydrogen-bond acceptors (Lipinski definition) is 4. The number of nitrogens with zero attached hydrogens (tertiary/aromatic N) is 8. The van der Waals surface area contributed by atoms with Crippen molar-refractivity contribution in [2.45, 2.75) is 55.4 Å². The molecule has 12 nitrogen and oxygen atoms in total. The Morgan fingerprint density at radius 3 is 1.12 bits per heavy atom. The Labute approximate surface area is 787 Å². The minimum atomic E-state index is 0.966. The van der Waals surface area contributed by atoms with Crippen LogP contribution in [0.5, 0.6) is 0 Å². The predicted molar refractivity (Wildman–Crippen MR) is 575 cm³/mol. The van der Waals surface area contributed by atoms with Crippen molar-refractivity contribution in [2.75, 3.05) is 0 Å². The summed E-state index contributed by atoms with van der Waals surface area (Å²) in [6.07, 6.45) is 7.25. The number of H-pyrrole nitrogens is 4. The van der Waals surface area contributed by atoms with Gasteiger partial charge in [0, 0.05) is 150 Å². The number of aryl methyl sites for hydroxylation is 8. The van der Waals surface area contributed by atoms with Gasteiger partial charge in [-0.25, -0.2) is 19.9 Å². The van der Waals surface area contributed by atoms with Crippen molar-refractivity contribution >= 4 is 175 Å². The van der Waals surface area contributed by atoms with Gasteiger partial charge in [-0.05, 0) is 259 Å². The van der Waals surface area contributed by atoms with E-state index in [1.165, 1.54) is 214 Å². The maximum Gasteiger partial charge on any atom is 0.138 e. The Bertz CT molecular complexity index is 9130. The molecule has 12 heteroatoms. The van der Waals surface area contributed by atoms with E-state index in [-0.39, 0.29) is 0 Å². The molecule has 16 aromatic carbocycles. The van der Waals surface area contributed by atoms with E-state index in [9.17, 15) is 0 Å². The van der Waals surface area contributed by atoms with Crippen molar-refractivity contribution in [3.05, 3.63) is 482 Å². The minimum absolute atomic E-state index is 0.966. The number of fused-ring (bicyclic) bond motifs is 24. The van der Waals surface area contributed by atoms with Crippen LogP contribution in [0.2, 0.25) is 0 Å². The zero-order valence-electron chi connectivity index (χ0n) is 77.1. The van der Waals surface area contributed by atoms with E-state index in [2.05, 4.69) is 502 Å². The maximum absolute atomic E-state index is 4.30. The van der Waals surface area contributed by atoms with Crippen LogP contribution < -0.4 is 0 Å². The molecule has 0 unspecified atom stereocenters. The summed E-state index contributed by atoms with van der Waals surface area (Å²) in [6, 6.07) is 145. The van der Waals surface area contributed by atoms with E-state index in [1.54, 1.807) is 0 Å². The van der Waals surface area contributed by atoms with Crippen molar-refractivity contribution in [2.24, 2.45) is 0 Å². The smallest absolute Gasteiger partial charge is 0.138 e. The van der Waals surface area contributed by atoms with Crippen LogP contribution >= 0.6 is 0 Å². The Morgan fingerprint density at radius 1 is 0.176 bits per heavy atom. The van der Waals surface area contributed by atoms with Crippen molar-refractivity contribution in [3.8, 4) is 22.7 Å². The summed E-state index contributed by atoms with van der Waals surface area (Å²) in [5, 5.41) is 20.4. The summed E-state index contributed by atoms with van der Waals surface area (Å²) in [4.78, 5) is 30.4. The molecule has 12 heterocycles. The van der Waals surface area contributed by atoms with Crippen LogP contribution in [0.25, 0.3) is 198 Å². The lowest BCUT2D eigenvalue weighted by Gasteiger charge is -2.08. The Kier molecular flexibility index (Phi) is 23.5. The molecule has 0 saturated heterocycles. The summed E-state index contributed by atoms with van der Waals surface area (Å²) in [5.74, 6) is 0. The summed E-state index contributed by atoms with van der Waals surface area (Å²) in [7, 11) is 0. The first-order valence-corrected chi connectivity index (χ1v) is 46.3. The number of para-hydroxylation sites is 10. The molecule has 4 N–H and O–H groups in total. The van der Waals surface area contributed by atoms with Crippen LogP contribution in [0.15, 0.2) is 437 Å². The van der Waals surface area contributed by atoms with E-state index in [0.717, 1.165) is 28.1 Å². The number of aromatic nitrogens is 12. The Balaban J connectivity index is 0.0000000934. The number of rotatable bonds is 4. The third-order valence-corrected chi connectivity index (χ3v) is 25.8. The van der Waals surface area contributed by atoms with Gasteiger partial charge in [0.05, 0.1) is 49.7 Å². The number of benzene rings is 16. The normalized spacial score (nSPS) is 11.2. The minimum Gasteiger partial charge on any atom is -0.339 e. The van der Waals surface area contributed by atoms with E-state index >= 15 is 0 Å². The summed E-state index contributed by atoms with van der Waals surface area (Å²) in [5.41, 5.74) is 33.9. The Morgan fingerprint density at radius 2 is 0.522 bits per heavy atom. The van der Waals surface area contributed by atoms with Crippen molar-refractivity contribution in [1.82, 2.24) is 58.1 Å². The van der Waals surface area contributed by atoms with Gasteiger partial charge in [-0.3, -0.25) is 0 Å². The molecule has 0 aliphatic carbocycles. The topological polar surface area (TPSA) is 134 Å². The van der Waals surface area contributed by atoms with Crippen molar-refractivity contribution in [3.63, 3.8) is 0 Å². The van der Waals surface area contributed by atoms with Crippen LogP contribution in [0, 0.1) is 55.4 Å². The molecule has 656 valence electrons. The fraction of sp³-hybridized carbons (Fsp3) is 0.0645. The highest BCUT2D eigenvalue weighted by Gasteiger charge is 2.19. The molecule has 0 aliphatic heterocycles. The van der Waals surface area contributed by atoms with Gasteiger partial charge >= 0.3 is 0 Å². The molecule has 28 rings (SSSR count). The lowest BCUT2D eigenvalue weighted by Crippen LogP contribution is -1.94. The van der Waals surface area contributed by atoms with Gasteiger partial charge in [0.25, 0.3) is 0 Å². The SMILES string of the molecule is Cc1ccc2[nH]c3ncccc3c2c1.Cc1ccc2c(c1)[nH]c1ncccc12.Cc1ccc2c(c1)c1ccccc1n2-c1ccccc1.Cc1ccc2c3ccccc3n(-c3ccccc3)c2c1.Cc1cccc2[nH]c3ncccc3c12.Cc1cccc2c1[nH]c1ncccc12.Cc1cccc2c1c1ccccc1n2-c1ccccc1.Cc1cccc2c3ccccc3n(-c3ccccc3)c12. The first kappa shape index (κ1) is 85.3. The second-order valence-electron chi connectivity index (χ2n) is 34.9. The van der Waals surface area contributed by atoms with Crippen molar-refractivity contribution in [1.29, 1.82) is 0 Å². The first-order chi connectivity index (χ1) is 66.8. The third-order valence-electron chi connectivity index (χ3n) is 25.8. The lowest BCUT2D eigenvalue weighted by molar-refractivity contribution is 1.17. The van der Waals surface area contributed by atoms with E-state index in [0.29, 0.717) is 0 Å². The molecule has 0 radical (unpaired) electrons. The second-order valence-corrected chi connectivity index (χ2v) is 34.9. The molecule has 28 aromatic rings. The average molecular weight is 1760 g/mol. The molecule has 0 amide bonds. The lowest BCUT2D eigenvalue weighted by atomic mass is 10.1. The maximum atomic E-state index is 4.30. The van der Waals surface area contributed by atoms with Gasteiger partial charge in [0.15, 0.2) is 0 Å². The molecule has 0 spiro atoms. The van der Waals surface area contributed by atoms with Crippen LogP contribution in [0.4, 0.5) is 0 Å². The van der Waals surface area contributed by atoms with Crippen molar-refractivity contribution < 1.29 is 0 Å². The van der Waals surface area contributed by atoms with E-state index in [1.807, 2.05) is 49.1 Å². The van der Waals surface area contributed by atoms with E-state index < -0.39 is 0 Å². The molecule has 0 aliphatic rings. The average Bonchev–Trinajstić information content (AvgIpc) is 1.58. The van der Waals surface area contributed by atoms with Crippen LogP contribution in [-0.4, -0.2) is 58.1 Å². The van der Waals surface area contributed by atoms with Gasteiger partial charge in [0.2, 0.25) is 0 Å². The fourth-order valence-corrected chi connectivity index (χ4v) is 19.5. The molecule has 0 atom stereocenters. The molecule has 0 fully saturated rings. The number of pyridine rings is 4. The van der Waals surface area contributed by atoms with Gasteiger partial charge < -0.3 is 38.2 Å². The number of nitrogens with one attached hydrogen (secondary N) is 4. The first-order valence-electron chi connectivity index (χ1n) is 46.3. The molecule has 136 heavy (non-hydrogen) atoms. The molecular formula is C124H100N12. The highest BCUT2D eigenvalue weighted by atomic mass is 15.0. The monoisotopic (exact) mass is 1760 g/mol. The fourth-order valence-electron chi connectivity index (χ4n) is 19.5. The van der Waals surface area contributed by atoms with Gasteiger partial charge in [-0.15, -0.1) is 0 Å². The zero-order chi connectivity index (χ0) is 92.3. The Hall–Kier alpha value is -17.5. The summed E-state index contributed by atoms with van der Waals surface area (Å²) >= 11 is 0. The number of hydrogen-bond donors (Lipinski definition) is 4. The van der Waals surface area contributed by atoms with Gasteiger partial charge in [-0.1, -0.05) is 254 Å². The highest BCUT2D eigenvalue weighted by Crippen LogP contribution is 2.40. The van der Waals surface area contributed by atoms with E-state index in [4.69, 9.17) is 0 Å². The quantitative estimate of drug-likeness (QED) is 0.140. The summed E-state index contributed by atoms with van der Waals surface area (Å²) in [6.45, 7) is 17.1. The van der Waals surface area contributed by atoms with Crippen LogP contribution in [-0.2, 0) is 0 Å². The predicted octanol–water partition coefficient (Wildman–Crippen LogP) is 32.5. The number of aromatic amines is 4. The molecule has 0 bridgehead atoms. The standard InChI is InChI=1S/4C19H15N.4C12H10N2/c1-14-8-7-12-17-16-11-5-6-13-18(16)20(19(14)17)15-9-3-2-4-10-15;1-14-8-7-13-18-19(14)16-11-5-6-12-17(16)20(18)15-9-3-2-4-10-15;1-14-11-12-19-17(13-14)16-9-5-6-10-18(16)20(19)15-7-3-2-4-8-15;1-14-11-12-17-16-9-5-6-10-18(16)20(19(17)13-14)15-7-3-2-4-8-15;1-8-4-2-6-10-11(8)9-5-3-7-13-12(9)14-10;1-8-4-2-5-9-10-6-3-7-13-12(10)14-11(8)9;1-8-4-5-9-10-3-2-6-13-12(10)14-11(9)7-8;1-8-4-5-11-10(7-8)9-3-2-6-13-12(9)14-11/h4*2-13H,1H3;4*2-7H,1H3,(H,13,14). The largest absolute Gasteiger partial charge is 0.339 e. The van der Waals surface area contributed by atoms with Crippen LogP contribution in [0.3, 0.4) is 0 Å².